The van der Waals surface area contributed by atoms with Crippen LogP contribution in [0.1, 0.15) is 26.2 Å². The second kappa shape index (κ2) is 6.23. The zero-order valence-corrected chi connectivity index (χ0v) is 13.3. The quantitative estimate of drug-likeness (QED) is 0.925. The summed E-state index contributed by atoms with van der Waals surface area (Å²) in [5.74, 6) is -0.483. The zero-order valence-electron chi connectivity index (χ0n) is 11.7. The first-order valence-electron chi connectivity index (χ1n) is 7.19. The largest absolute Gasteiger partial charge is 0.347 e. The number of thiophene rings is 1. The Morgan fingerprint density at radius 3 is 2.95 bits per heavy atom. The first-order valence-corrected chi connectivity index (χ1v) is 9.29. The number of ether oxygens (including phenoxy) is 2. The highest BCUT2D eigenvalue weighted by atomic mass is 32.2. The molecule has 1 aromatic heterocycles. The predicted molar refractivity (Wildman–Crippen MR) is 80.5 cm³/mol. The van der Waals surface area contributed by atoms with E-state index in [-0.39, 0.29) is 11.3 Å². The summed E-state index contributed by atoms with van der Waals surface area (Å²) in [6, 6.07) is 4.20. The maximum atomic E-state index is 12.9. The monoisotopic (exact) mass is 315 g/mol. The first kappa shape index (κ1) is 14.7. The molecule has 20 heavy (non-hydrogen) atoms. The highest BCUT2D eigenvalue weighted by molar-refractivity contribution is 7.88. The third kappa shape index (κ3) is 2.85. The van der Waals surface area contributed by atoms with Crippen LogP contribution in [0.2, 0.25) is 0 Å². The van der Waals surface area contributed by atoms with Gasteiger partial charge in [0.15, 0.2) is 5.79 Å². The lowest BCUT2D eigenvalue weighted by Crippen LogP contribution is -2.52. The standard InChI is InChI=1S/C14H21NO3S2/c1-2-15-11-5-6-14(17-7-8-18-14)10-12(11)20(16)13-4-3-9-19-13/h3-4,9,11-12,15H,2,5-8,10H2,1H3. The van der Waals surface area contributed by atoms with Crippen molar-refractivity contribution in [2.24, 2.45) is 0 Å². The molecule has 1 aliphatic heterocycles. The summed E-state index contributed by atoms with van der Waals surface area (Å²) < 4.78 is 25.5. The van der Waals surface area contributed by atoms with Crippen LogP contribution in [0.3, 0.4) is 0 Å². The molecular formula is C14H21NO3S2. The third-order valence-corrected chi connectivity index (χ3v) is 7.07. The Kier molecular flexibility index (Phi) is 4.57. The van der Waals surface area contributed by atoms with Gasteiger partial charge in [-0.05, 0) is 24.4 Å². The van der Waals surface area contributed by atoms with E-state index in [0.29, 0.717) is 13.2 Å². The minimum Gasteiger partial charge on any atom is -0.347 e. The van der Waals surface area contributed by atoms with Gasteiger partial charge in [-0.25, -0.2) is 0 Å². The molecule has 112 valence electrons. The fraction of sp³-hybridized carbons (Fsp3) is 0.714. The highest BCUT2D eigenvalue weighted by Gasteiger charge is 2.47. The van der Waals surface area contributed by atoms with Crippen LogP contribution < -0.4 is 5.32 Å². The van der Waals surface area contributed by atoms with Gasteiger partial charge in [-0.15, -0.1) is 11.3 Å². The van der Waals surface area contributed by atoms with Gasteiger partial charge in [0.05, 0.1) is 33.5 Å². The van der Waals surface area contributed by atoms with Crippen LogP contribution in [-0.2, 0) is 20.3 Å². The van der Waals surface area contributed by atoms with E-state index in [4.69, 9.17) is 9.47 Å². The lowest BCUT2D eigenvalue weighted by atomic mass is 9.89. The predicted octanol–water partition coefficient (Wildman–Crippen LogP) is 2.13. The average molecular weight is 315 g/mol. The van der Waals surface area contributed by atoms with Crippen LogP contribution in [0.4, 0.5) is 0 Å². The Labute approximate surface area is 126 Å². The van der Waals surface area contributed by atoms with E-state index in [1.165, 1.54) is 0 Å². The molecule has 2 fully saturated rings. The molecule has 2 heterocycles. The van der Waals surface area contributed by atoms with Gasteiger partial charge in [0.25, 0.3) is 0 Å². The smallest absolute Gasteiger partial charge is 0.169 e. The molecule has 3 rings (SSSR count). The van der Waals surface area contributed by atoms with Crippen LogP contribution >= 0.6 is 11.3 Å². The minimum absolute atomic E-state index is 0.0560. The van der Waals surface area contributed by atoms with Gasteiger partial charge < -0.3 is 14.8 Å². The summed E-state index contributed by atoms with van der Waals surface area (Å²) in [5, 5.41) is 5.52. The van der Waals surface area contributed by atoms with Gasteiger partial charge in [-0.3, -0.25) is 4.21 Å². The van der Waals surface area contributed by atoms with Crippen LogP contribution in [0.5, 0.6) is 0 Å². The minimum atomic E-state index is -0.996. The van der Waals surface area contributed by atoms with Crippen molar-refractivity contribution in [3.63, 3.8) is 0 Å². The molecule has 1 spiro atoms. The van der Waals surface area contributed by atoms with Crippen molar-refractivity contribution in [1.82, 2.24) is 5.32 Å². The molecule has 3 atom stereocenters. The summed E-state index contributed by atoms with van der Waals surface area (Å²) in [7, 11) is -0.996. The summed E-state index contributed by atoms with van der Waals surface area (Å²) in [6.45, 7) is 4.31. The van der Waals surface area contributed by atoms with E-state index < -0.39 is 16.6 Å². The Balaban J connectivity index is 1.80. The molecule has 1 saturated carbocycles. The molecule has 1 N–H and O–H groups in total. The van der Waals surface area contributed by atoms with Gasteiger partial charge in [0, 0.05) is 18.9 Å². The van der Waals surface area contributed by atoms with Crippen LogP contribution in [0.15, 0.2) is 21.7 Å². The third-order valence-electron chi connectivity index (χ3n) is 4.05. The van der Waals surface area contributed by atoms with Gasteiger partial charge in [-0.2, -0.15) is 0 Å². The maximum absolute atomic E-state index is 12.9. The number of hydrogen-bond acceptors (Lipinski definition) is 5. The van der Waals surface area contributed by atoms with E-state index in [2.05, 4.69) is 12.2 Å². The maximum Gasteiger partial charge on any atom is 0.169 e. The molecule has 6 heteroatoms. The summed E-state index contributed by atoms with van der Waals surface area (Å²) in [6.07, 6.45) is 2.56. The zero-order chi connectivity index (χ0) is 14.0. The molecular weight excluding hydrogens is 294 g/mol. The van der Waals surface area contributed by atoms with Crippen molar-refractivity contribution < 1.29 is 13.7 Å². The van der Waals surface area contributed by atoms with Gasteiger partial charge in [0.2, 0.25) is 0 Å². The van der Waals surface area contributed by atoms with Crippen molar-refractivity contribution in [1.29, 1.82) is 0 Å². The summed E-state index contributed by atoms with van der Waals surface area (Å²) in [4.78, 5) is 0. The fourth-order valence-corrected chi connectivity index (χ4v) is 5.93. The number of rotatable bonds is 4. The normalized spacial score (nSPS) is 30.6. The SMILES string of the molecule is CCNC1CCC2(CC1S(=O)c1cccs1)OCCO2. The van der Waals surface area contributed by atoms with Crippen LogP contribution in [-0.4, -0.2) is 41.0 Å². The Morgan fingerprint density at radius 1 is 1.50 bits per heavy atom. The molecule has 0 radical (unpaired) electrons. The van der Waals surface area contributed by atoms with Crippen LogP contribution in [0, 0.1) is 0 Å². The van der Waals surface area contributed by atoms with Crippen molar-refractivity contribution >= 4 is 22.1 Å². The first-order chi connectivity index (χ1) is 9.74. The molecule has 1 saturated heterocycles. The van der Waals surface area contributed by atoms with E-state index >= 15 is 0 Å². The van der Waals surface area contributed by atoms with Crippen LogP contribution in [0.25, 0.3) is 0 Å². The summed E-state index contributed by atoms with van der Waals surface area (Å²) >= 11 is 1.57. The van der Waals surface area contributed by atoms with Crippen molar-refractivity contribution in [2.75, 3.05) is 19.8 Å². The molecule has 0 bridgehead atoms. The second-order valence-electron chi connectivity index (χ2n) is 5.28. The van der Waals surface area contributed by atoms with Gasteiger partial charge in [0.1, 0.15) is 0 Å². The van der Waals surface area contributed by atoms with E-state index in [1.54, 1.807) is 11.3 Å². The van der Waals surface area contributed by atoms with Crippen molar-refractivity contribution in [3.8, 4) is 0 Å². The second-order valence-corrected chi connectivity index (χ2v) is 8.13. The molecule has 3 unspecified atom stereocenters. The number of hydrogen-bond donors (Lipinski definition) is 1. The Hall–Kier alpha value is -0.270. The lowest BCUT2D eigenvalue weighted by molar-refractivity contribution is -0.178. The van der Waals surface area contributed by atoms with E-state index in [0.717, 1.165) is 30.0 Å². The fourth-order valence-electron chi connectivity index (χ4n) is 3.12. The van der Waals surface area contributed by atoms with Gasteiger partial charge in [-0.1, -0.05) is 13.0 Å². The number of nitrogens with one attached hydrogen (secondary N) is 1. The van der Waals surface area contributed by atoms with Crippen molar-refractivity contribution in [2.45, 2.75) is 47.5 Å². The van der Waals surface area contributed by atoms with E-state index in [1.807, 2.05) is 17.5 Å². The van der Waals surface area contributed by atoms with Gasteiger partial charge >= 0.3 is 0 Å². The summed E-state index contributed by atoms with van der Waals surface area (Å²) in [5.41, 5.74) is 0. The molecule has 2 aliphatic rings. The topological polar surface area (TPSA) is 47.6 Å². The highest BCUT2D eigenvalue weighted by Crippen LogP contribution is 2.39. The van der Waals surface area contributed by atoms with Crippen molar-refractivity contribution in [3.05, 3.63) is 17.5 Å². The molecule has 4 nitrogen and oxygen atoms in total. The van der Waals surface area contributed by atoms with E-state index in [9.17, 15) is 4.21 Å². The Bertz CT molecular complexity index is 457. The average Bonchev–Trinajstić information content (AvgIpc) is 3.13. The molecule has 1 aliphatic carbocycles. The molecule has 0 amide bonds. The molecule has 0 aromatic carbocycles. The Morgan fingerprint density at radius 2 is 2.30 bits per heavy atom. The molecule has 1 aromatic rings. The lowest BCUT2D eigenvalue weighted by Gasteiger charge is -2.40.